The normalized spacial score (nSPS) is 20.9. The Bertz CT molecular complexity index is 301. The summed E-state index contributed by atoms with van der Waals surface area (Å²) < 4.78 is 4.84. The molecule has 1 aliphatic carbocycles. The first-order chi connectivity index (χ1) is 8.77. The van der Waals surface area contributed by atoms with Crippen molar-refractivity contribution in [2.24, 2.45) is 5.92 Å². The van der Waals surface area contributed by atoms with E-state index in [2.05, 4.69) is 5.32 Å². The molecular formula is C13H22N2O3. The molecular weight excluding hydrogens is 232 g/mol. The lowest BCUT2D eigenvalue weighted by Crippen LogP contribution is -2.34. The van der Waals surface area contributed by atoms with E-state index in [0.717, 1.165) is 19.3 Å². The van der Waals surface area contributed by atoms with Crippen molar-refractivity contribution in [1.29, 1.82) is 0 Å². The lowest BCUT2D eigenvalue weighted by Gasteiger charge is -2.21. The molecule has 1 heterocycles. The molecule has 0 atom stereocenters. The average molecular weight is 254 g/mol. The molecule has 5 heteroatoms. The van der Waals surface area contributed by atoms with Crippen molar-refractivity contribution < 1.29 is 14.3 Å². The lowest BCUT2D eigenvalue weighted by atomic mass is 9.89. The fraction of sp³-hybridized carbons (Fsp3) is 0.846. The number of hydrogen-bond acceptors (Lipinski definition) is 3. The third kappa shape index (κ3) is 3.62. The fourth-order valence-corrected chi connectivity index (χ4v) is 2.62. The molecule has 2 aliphatic rings. The van der Waals surface area contributed by atoms with Gasteiger partial charge in [-0.05, 0) is 19.3 Å². The maximum atomic E-state index is 11.8. The lowest BCUT2D eigenvalue weighted by molar-refractivity contribution is -0.125. The zero-order chi connectivity index (χ0) is 12.8. The molecule has 0 unspecified atom stereocenters. The summed E-state index contributed by atoms with van der Waals surface area (Å²) in [6.45, 7) is 2.49. The summed E-state index contributed by atoms with van der Waals surface area (Å²) in [5.74, 6) is 0.411. The Labute approximate surface area is 108 Å². The standard InChI is InChI=1S/C13H22N2O3/c16-12(11-5-2-1-3-6-11)14-7-4-8-15-9-10-18-13(15)17/h11H,1-10H2,(H,14,16). The third-order valence-electron chi connectivity index (χ3n) is 3.72. The smallest absolute Gasteiger partial charge is 0.409 e. The van der Waals surface area contributed by atoms with Crippen LogP contribution in [-0.4, -0.2) is 43.1 Å². The zero-order valence-electron chi connectivity index (χ0n) is 10.8. The van der Waals surface area contributed by atoms with Crippen LogP contribution in [0.2, 0.25) is 0 Å². The summed E-state index contributed by atoms with van der Waals surface area (Å²) in [5.41, 5.74) is 0. The molecule has 2 fully saturated rings. The number of nitrogens with one attached hydrogen (secondary N) is 1. The maximum Gasteiger partial charge on any atom is 0.409 e. The van der Waals surface area contributed by atoms with E-state index in [4.69, 9.17) is 4.74 Å². The predicted molar refractivity (Wildman–Crippen MR) is 67.1 cm³/mol. The second-order valence-corrected chi connectivity index (χ2v) is 5.08. The van der Waals surface area contributed by atoms with E-state index in [0.29, 0.717) is 26.2 Å². The van der Waals surface area contributed by atoms with Crippen LogP contribution >= 0.6 is 0 Å². The number of cyclic esters (lactones) is 1. The number of carbonyl (C=O) groups is 2. The highest BCUT2D eigenvalue weighted by molar-refractivity contribution is 5.78. The van der Waals surface area contributed by atoms with E-state index in [1.807, 2.05) is 0 Å². The van der Waals surface area contributed by atoms with Crippen LogP contribution in [0.15, 0.2) is 0 Å². The minimum absolute atomic E-state index is 0.193. The van der Waals surface area contributed by atoms with Gasteiger partial charge < -0.3 is 15.0 Å². The van der Waals surface area contributed by atoms with E-state index < -0.39 is 0 Å². The number of hydrogen-bond donors (Lipinski definition) is 1. The zero-order valence-corrected chi connectivity index (χ0v) is 10.8. The summed E-state index contributed by atoms with van der Waals surface area (Å²) in [4.78, 5) is 24.7. The summed E-state index contributed by atoms with van der Waals surface area (Å²) >= 11 is 0. The summed E-state index contributed by atoms with van der Waals surface area (Å²) in [6, 6.07) is 0. The Kier molecular flexibility index (Phi) is 4.84. The van der Waals surface area contributed by atoms with Gasteiger partial charge in [0.1, 0.15) is 6.61 Å². The summed E-state index contributed by atoms with van der Waals surface area (Å²) in [6.07, 6.45) is 6.26. The molecule has 1 aliphatic heterocycles. The van der Waals surface area contributed by atoms with E-state index in [-0.39, 0.29) is 17.9 Å². The summed E-state index contributed by atoms with van der Waals surface area (Å²) in [7, 11) is 0. The van der Waals surface area contributed by atoms with Crippen molar-refractivity contribution in [1.82, 2.24) is 10.2 Å². The molecule has 0 radical (unpaired) electrons. The van der Waals surface area contributed by atoms with Gasteiger partial charge >= 0.3 is 6.09 Å². The highest BCUT2D eigenvalue weighted by atomic mass is 16.6. The molecule has 1 saturated carbocycles. The fourth-order valence-electron chi connectivity index (χ4n) is 2.62. The topological polar surface area (TPSA) is 58.6 Å². The molecule has 0 aromatic carbocycles. The summed E-state index contributed by atoms with van der Waals surface area (Å²) in [5, 5.41) is 2.97. The first kappa shape index (κ1) is 13.2. The van der Waals surface area contributed by atoms with Crippen LogP contribution in [0.3, 0.4) is 0 Å². The van der Waals surface area contributed by atoms with Crippen molar-refractivity contribution in [2.45, 2.75) is 38.5 Å². The quantitative estimate of drug-likeness (QED) is 0.757. The maximum absolute atomic E-state index is 11.8. The first-order valence-corrected chi connectivity index (χ1v) is 6.97. The van der Waals surface area contributed by atoms with Crippen LogP contribution in [-0.2, 0) is 9.53 Å². The Morgan fingerprint density at radius 2 is 2.11 bits per heavy atom. The highest BCUT2D eigenvalue weighted by Gasteiger charge is 2.22. The van der Waals surface area contributed by atoms with E-state index in [9.17, 15) is 9.59 Å². The number of rotatable bonds is 5. The van der Waals surface area contributed by atoms with Crippen molar-refractivity contribution in [3.63, 3.8) is 0 Å². The predicted octanol–water partition coefficient (Wildman–Crippen LogP) is 1.53. The van der Waals surface area contributed by atoms with Crippen LogP contribution in [0.25, 0.3) is 0 Å². The van der Waals surface area contributed by atoms with Gasteiger partial charge in [0.2, 0.25) is 5.91 Å². The monoisotopic (exact) mass is 254 g/mol. The Hall–Kier alpha value is -1.26. The molecule has 2 rings (SSSR count). The second kappa shape index (κ2) is 6.61. The molecule has 1 saturated heterocycles. The Balaban J connectivity index is 1.57. The highest BCUT2D eigenvalue weighted by Crippen LogP contribution is 2.23. The van der Waals surface area contributed by atoms with Crippen molar-refractivity contribution in [3.8, 4) is 0 Å². The van der Waals surface area contributed by atoms with E-state index in [1.54, 1.807) is 4.90 Å². The molecule has 0 spiro atoms. The molecule has 1 N–H and O–H groups in total. The number of carbonyl (C=O) groups excluding carboxylic acids is 2. The van der Waals surface area contributed by atoms with Crippen LogP contribution in [0.1, 0.15) is 38.5 Å². The van der Waals surface area contributed by atoms with Gasteiger partial charge in [0.05, 0.1) is 6.54 Å². The second-order valence-electron chi connectivity index (χ2n) is 5.08. The van der Waals surface area contributed by atoms with Gasteiger partial charge in [-0.1, -0.05) is 19.3 Å². The molecule has 0 aromatic heterocycles. The molecule has 0 bridgehead atoms. The van der Waals surface area contributed by atoms with Gasteiger partial charge in [0.15, 0.2) is 0 Å². The minimum atomic E-state index is -0.228. The van der Waals surface area contributed by atoms with Crippen molar-refractivity contribution in [3.05, 3.63) is 0 Å². The number of ether oxygens (including phenoxy) is 1. The van der Waals surface area contributed by atoms with Crippen LogP contribution in [0, 0.1) is 5.92 Å². The molecule has 0 aromatic rings. The van der Waals surface area contributed by atoms with Crippen LogP contribution in [0.5, 0.6) is 0 Å². The van der Waals surface area contributed by atoms with Gasteiger partial charge in [0.25, 0.3) is 0 Å². The van der Waals surface area contributed by atoms with Gasteiger partial charge in [0, 0.05) is 19.0 Å². The average Bonchev–Trinajstić information content (AvgIpc) is 2.81. The van der Waals surface area contributed by atoms with E-state index >= 15 is 0 Å². The van der Waals surface area contributed by atoms with Gasteiger partial charge in [-0.2, -0.15) is 0 Å². The van der Waals surface area contributed by atoms with Crippen LogP contribution < -0.4 is 5.32 Å². The Morgan fingerprint density at radius 1 is 1.33 bits per heavy atom. The van der Waals surface area contributed by atoms with Gasteiger partial charge in [-0.15, -0.1) is 0 Å². The molecule has 18 heavy (non-hydrogen) atoms. The SMILES string of the molecule is O=C(NCCCN1CCOC1=O)C1CCCCC1. The molecule has 2 amide bonds. The molecule has 5 nitrogen and oxygen atoms in total. The van der Waals surface area contributed by atoms with Crippen molar-refractivity contribution >= 4 is 12.0 Å². The third-order valence-corrected chi connectivity index (χ3v) is 3.72. The largest absolute Gasteiger partial charge is 0.448 e. The Morgan fingerprint density at radius 3 is 2.78 bits per heavy atom. The van der Waals surface area contributed by atoms with Gasteiger partial charge in [-0.3, -0.25) is 4.79 Å². The number of nitrogens with zero attached hydrogens (tertiary/aromatic N) is 1. The number of amides is 2. The molecule has 102 valence electrons. The van der Waals surface area contributed by atoms with Crippen molar-refractivity contribution in [2.75, 3.05) is 26.2 Å². The van der Waals surface area contributed by atoms with E-state index in [1.165, 1.54) is 19.3 Å². The first-order valence-electron chi connectivity index (χ1n) is 6.97. The van der Waals surface area contributed by atoms with Crippen LogP contribution in [0.4, 0.5) is 4.79 Å². The minimum Gasteiger partial charge on any atom is -0.448 e. The van der Waals surface area contributed by atoms with Gasteiger partial charge in [-0.25, -0.2) is 4.79 Å².